The molecule has 0 amide bonds. The Balaban J connectivity index is 0.00000144. The summed E-state index contributed by atoms with van der Waals surface area (Å²) in [5.74, 6) is 0. The van der Waals surface area contributed by atoms with Gasteiger partial charge in [0.2, 0.25) is 0 Å². The highest BCUT2D eigenvalue weighted by molar-refractivity contribution is 5.69. The lowest BCUT2D eigenvalue weighted by Gasteiger charge is -1.95. The van der Waals surface area contributed by atoms with Crippen LogP contribution in [0.15, 0.2) is 48.8 Å². The predicted octanol–water partition coefficient (Wildman–Crippen LogP) is 2.76. The van der Waals surface area contributed by atoms with Crippen LogP contribution in [0.5, 0.6) is 0 Å². The fourth-order valence-electron chi connectivity index (χ4n) is 1.42. The molecule has 84 valence electrons. The van der Waals surface area contributed by atoms with E-state index in [0.29, 0.717) is 0 Å². The van der Waals surface area contributed by atoms with Crippen molar-refractivity contribution >= 4 is 17.8 Å². The topological polar surface area (TPSA) is 29.9 Å². The summed E-state index contributed by atoms with van der Waals surface area (Å²) in [4.78, 5) is 0. The van der Waals surface area contributed by atoms with Crippen LogP contribution < -0.4 is 10.3 Å². The number of aromatic nitrogens is 1. The van der Waals surface area contributed by atoms with E-state index in [1.165, 1.54) is 5.56 Å². The zero-order chi connectivity index (χ0) is 11.4. The van der Waals surface area contributed by atoms with Crippen LogP contribution >= 0.6 is 0 Å². The number of hydrogen-bond acceptors (Lipinski definition) is 1. The summed E-state index contributed by atoms with van der Waals surface area (Å²) in [7, 11) is 2.01. The molecular weight excluding hydrogens is 196 g/mol. The zero-order valence-corrected chi connectivity index (χ0v) is 9.30. The first kappa shape index (κ1) is 10.4. The Morgan fingerprint density at radius 2 is 1.44 bits per heavy atom. The Bertz CT molecular complexity index is 443. The summed E-state index contributed by atoms with van der Waals surface area (Å²) >= 11 is 0. The van der Waals surface area contributed by atoms with Gasteiger partial charge in [-0.1, -0.05) is 24.3 Å². The highest BCUT2D eigenvalue weighted by Crippen LogP contribution is 2.09. The number of hydrogen-bond donors (Lipinski definition) is 1. The molecule has 0 radical (unpaired) electrons. The van der Waals surface area contributed by atoms with Gasteiger partial charge in [-0.25, -0.2) is 4.57 Å². The van der Waals surface area contributed by atoms with E-state index < -0.39 is 0 Å². The van der Waals surface area contributed by atoms with Gasteiger partial charge in [-0.2, -0.15) is 0 Å². The molecule has 2 heteroatoms. The minimum absolute atomic E-state index is 0. The number of anilines is 1. The van der Waals surface area contributed by atoms with E-state index in [9.17, 15) is 0 Å². The van der Waals surface area contributed by atoms with Crippen LogP contribution in [0.1, 0.15) is 14.0 Å². The van der Waals surface area contributed by atoms with Crippen molar-refractivity contribution in [3.63, 3.8) is 0 Å². The Kier molecular flexibility index (Phi) is 3.01. The highest BCUT2D eigenvalue weighted by Gasteiger charge is 1.91. The Labute approximate surface area is 98.6 Å². The van der Waals surface area contributed by atoms with Gasteiger partial charge in [-0.3, -0.25) is 0 Å². The molecule has 1 aromatic carbocycles. The van der Waals surface area contributed by atoms with E-state index in [-0.39, 0.29) is 2.85 Å². The molecule has 0 spiro atoms. The third-order valence-electron chi connectivity index (χ3n) is 2.41. The third-order valence-corrected chi connectivity index (χ3v) is 2.41. The minimum Gasteiger partial charge on any atom is -0.399 e. The number of aryl methyl sites for hydroxylation is 1. The lowest BCUT2D eigenvalue weighted by molar-refractivity contribution is -0.671. The smallest absolute Gasteiger partial charge is 0.169 e. The SMILES string of the molecule is C[n+]1ccc(C=Cc2ccc(N)cc2)cc1.[HH].[HH]. The Morgan fingerprint density at radius 3 is 2.00 bits per heavy atom. The average Bonchev–Trinajstić information content (AvgIpc) is 2.30. The van der Waals surface area contributed by atoms with Crippen LogP contribution in [0, 0.1) is 0 Å². The Morgan fingerprint density at radius 1 is 0.938 bits per heavy atom. The standard InChI is InChI=1S/C14H14N2.2H2/c1-16-10-8-13(9-11-16)3-2-12-4-6-14(15)7-5-12;;/h2-11,15H,1H3;2*1H/p+1. The summed E-state index contributed by atoms with van der Waals surface area (Å²) in [6, 6.07) is 12.0. The van der Waals surface area contributed by atoms with Crippen LogP contribution in [0.25, 0.3) is 12.2 Å². The van der Waals surface area contributed by atoms with Gasteiger partial charge in [-0.05, 0) is 23.3 Å². The second kappa shape index (κ2) is 4.62. The van der Waals surface area contributed by atoms with E-state index in [4.69, 9.17) is 5.73 Å². The van der Waals surface area contributed by atoms with E-state index in [2.05, 4.69) is 24.3 Å². The molecular formula is C14H19N2+. The minimum atomic E-state index is 0. The normalized spacial score (nSPS) is 10.8. The molecule has 0 unspecified atom stereocenters. The lowest BCUT2D eigenvalue weighted by Crippen LogP contribution is -2.25. The Hall–Kier alpha value is -2.09. The van der Waals surface area contributed by atoms with E-state index in [0.717, 1.165) is 11.3 Å². The van der Waals surface area contributed by atoms with Crippen LogP contribution in [-0.2, 0) is 7.05 Å². The number of benzene rings is 1. The number of nitrogens with two attached hydrogens (primary N) is 1. The molecule has 1 heterocycles. The predicted molar refractivity (Wildman–Crippen MR) is 71.6 cm³/mol. The molecule has 0 aliphatic heterocycles. The molecule has 2 aromatic rings. The molecule has 0 fully saturated rings. The van der Waals surface area contributed by atoms with Crippen LogP contribution in [0.4, 0.5) is 5.69 Å². The van der Waals surface area contributed by atoms with Gasteiger partial charge in [0.1, 0.15) is 7.05 Å². The molecule has 0 saturated heterocycles. The molecule has 2 nitrogen and oxygen atoms in total. The molecule has 2 N–H and O–H groups in total. The first-order chi connectivity index (χ1) is 7.74. The summed E-state index contributed by atoms with van der Waals surface area (Å²) in [5, 5.41) is 0. The average molecular weight is 215 g/mol. The van der Waals surface area contributed by atoms with Gasteiger partial charge in [0.15, 0.2) is 12.4 Å². The van der Waals surface area contributed by atoms with Crippen LogP contribution in [0.3, 0.4) is 0 Å². The maximum Gasteiger partial charge on any atom is 0.169 e. The fraction of sp³-hybridized carbons (Fsp3) is 0.0714. The molecule has 0 saturated carbocycles. The van der Waals surface area contributed by atoms with Gasteiger partial charge in [0.05, 0.1) is 0 Å². The van der Waals surface area contributed by atoms with E-state index >= 15 is 0 Å². The van der Waals surface area contributed by atoms with Crippen molar-refractivity contribution in [1.29, 1.82) is 0 Å². The molecule has 16 heavy (non-hydrogen) atoms. The van der Waals surface area contributed by atoms with E-state index in [1.54, 1.807) is 0 Å². The van der Waals surface area contributed by atoms with Crippen molar-refractivity contribution in [1.82, 2.24) is 0 Å². The van der Waals surface area contributed by atoms with Gasteiger partial charge in [0, 0.05) is 20.7 Å². The molecule has 2 rings (SSSR count). The van der Waals surface area contributed by atoms with Crippen molar-refractivity contribution in [2.75, 3.05) is 5.73 Å². The molecule has 0 aliphatic carbocycles. The van der Waals surface area contributed by atoms with Crippen molar-refractivity contribution < 1.29 is 7.42 Å². The maximum absolute atomic E-state index is 5.62. The number of nitrogens with zero attached hydrogens (tertiary/aromatic N) is 1. The number of pyridine rings is 1. The van der Waals surface area contributed by atoms with Crippen LogP contribution in [-0.4, -0.2) is 0 Å². The second-order valence-corrected chi connectivity index (χ2v) is 3.80. The third kappa shape index (κ3) is 2.70. The molecule has 1 aromatic heterocycles. The summed E-state index contributed by atoms with van der Waals surface area (Å²) in [5.41, 5.74) is 8.76. The molecule has 0 bridgehead atoms. The largest absolute Gasteiger partial charge is 0.399 e. The van der Waals surface area contributed by atoms with E-state index in [1.807, 2.05) is 48.3 Å². The maximum atomic E-state index is 5.62. The monoisotopic (exact) mass is 215 g/mol. The highest BCUT2D eigenvalue weighted by atomic mass is 14.9. The summed E-state index contributed by atoms with van der Waals surface area (Å²) in [6.45, 7) is 0. The summed E-state index contributed by atoms with van der Waals surface area (Å²) in [6.07, 6.45) is 8.23. The molecule has 0 aliphatic rings. The van der Waals surface area contributed by atoms with Crippen molar-refractivity contribution in [2.24, 2.45) is 7.05 Å². The number of rotatable bonds is 2. The zero-order valence-electron chi connectivity index (χ0n) is 9.30. The fourth-order valence-corrected chi connectivity index (χ4v) is 1.42. The van der Waals surface area contributed by atoms with Gasteiger partial charge < -0.3 is 5.73 Å². The van der Waals surface area contributed by atoms with Crippen LogP contribution in [0.2, 0.25) is 0 Å². The van der Waals surface area contributed by atoms with Crippen molar-refractivity contribution in [2.45, 2.75) is 0 Å². The lowest BCUT2D eigenvalue weighted by atomic mass is 10.1. The molecule has 0 atom stereocenters. The summed E-state index contributed by atoms with van der Waals surface area (Å²) < 4.78 is 2.01. The van der Waals surface area contributed by atoms with Crippen molar-refractivity contribution in [3.8, 4) is 0 Å². The van der Waals surface area contributed by atoms with Gasteiger partial charge in [-0.15, -0.1) is 0 Å². The van der Waals surface area contributed by atoms with Gasteiger partial charge in [0.25, 0.3) is 0 Å². The first-order valence-electron chi connectivity index (χ1n) is 5.23. The second-order valence-electron chi connectivity index (χ2n) is 3.80. The number of nitrogen functional groups attached to an aromatic ring is 1. The van der Waals surface area contributed by atoms with Crippen molar-refractivity contribution in [3.05, 3.63) is 59.9 Å². The quantitative estimate of drug-likeness (QED) is 0.606. The first-order valence-corrected chi connectivity index (χ1v) is 5.23. The van der Waals surface area contributed by atoms with Gasteiger partial charge >= 0.3 is 0 Å².